The Bertz CT molecular complexity index is 1240. The zero-order valence-electron chi connectivity index (χ0n) is 21.2. The first-order chi connectivity index (χ1) is 16.4. The molecule has 1 atom stereocenters. The van der Waals surface area contributed by atoms with Gasteiger partial charge >= 0.3 is 6.03 Å². The fourth-order valence-corrected chi connectivity index (χ4v) is 5.62. The number of urea groups is 1. The summed E-state index contributed by atoms with van der Waals surface area (Å²) in [4.78, 5) is 42.1. The third kappa shape index (κ3) is 4.59. The van der Waals surface area contributed by atoms with Gasteiger partial charge in [-0.25, -0.2) is 9.69 Å². The number of carbonyl (C=O) groups is 3. The second-order valence-electron chi connectivity index (χ2n) is 10.3. The van der Waals surface area contributed by atoms with E-state index in [1.54, 1.807) is 12.1 Å². The summed E-state index contributed by atoms with van der Waals surface area (Å²) in [7, 11) is 0. The molecule has 4 rings (SSSR count). The van der Waals surface area contributed by atoms with E-state index >= 15 is 0 Å². The van der Waals surface area contributed by atoms with E-state index < -0.39 is 17.8 Å². The number of amides is 4. The van der Waals surface area contributed by atoms with E-state index in [-0.39, 0.29) is 17.0 Å². The van der Waals surface area contributed by atoms with Crippen molar-refractivity contribution in [1.29, 1.82) is 0 Å². The number of halogens is 1. The molecular weight excluding hydrogens is 462 g/mol. The van der Waals surface area contributed by atoms with Crippen molar-refractivity contribution >= 4 is 46.9 Å². The Balaban J connectivity index is 1.78. The Morgan fingerprint density at radius 3 is 2.37 bits per heavy atom. The number of nitrogens with one attached hydrogen (secondary N) is 1. The number of anilines is 2. The van der Waals surface area contributed by atoms with Crippen LogP contribution in [0, 0.1) is 13.8 Å². The van der Waals surface area contributed by atoms with Crippen molar-refractivity contribution in [2.45, 2.75) is 65.8 Å². The molecule has 184 valence electrons. The molecule has 0 aliphatic carbocycles. The van der Waals surface area contributed by atoms with Crippen LogP contribution in [0.25, 0.3) is 6.08 Å². The number of imide groups is 2. The van der Waals surface area contributed by atoms with Crippen LogP contribution in [0.4, 0.5) is 16.2 Å². The molecule has 0 spiro atoms. The lowest BCUT2D eigenvalue weighted by Crippen LogP contribution is -2.54. The minimum atomic E-state index is -0.759. The molecule has 0 aromatic heterocycles. The fraction of sp³-hybridized carbons (Fsp3) is 0.393. The van der Waals surface area contributed by atoms with Crippen LogP contribution in [-0.4, -0.2) is 29.9 Å². The van der Waals surface area contributed by atoms with Crippen molar-refractivity contribution in [2.75, 3.05) is 16.3 Å². The number of aryl methyl sites for hydroxylation is 2. The third-order valence-corrected chi connectivity index (χ3v) is 7.14. The highest BCUT2D eigenvalue weighted by Crippen LogP contribution is 2.45. The molecule has 0 radical (unpaired) electrons. The van der Waals surface area contributed by atoms with Crippen molar-refractivity contribution in [1.82, 2.24) is 5.32 Å². The molecule has 2 heterocycles. The summed E-state index contributed by atoms with van der Waals surface area (Å²) < 4.78 is 0. The molecule has 1 saturated heterocycles. The van der Waals surface area contributed by atoms with Crippen molar-refractivity contribution in [3.05, 3.63) is 63.2 Å². The average Bonchev–Trinajstić information content (AvgIpc) is 2.73. The molecule has 1 unspecified atom stereocenters. The number of benzene rings is 2. The summed E-state index contributed by atoms with van der Waals surface area (Å²) in [6.45, 7) is 13.5. The lowest BCUT2D eigenvalue weighted by Gasteiger charge is -2.47. The van der Waals surface area contributed by atoms with Crippen LogP contribution in [0.15, 0.2) is 35.9 Å². The molecule has 2 aromatic rings. The second kappa shape index (κ2) is 9.15. The molecular formula is C28H32ClN3O3. The number of nitrogens with zero attached hydrogens (tertiary/aromatic N) is 2. The van der Waals surface area contributed by atoms with Crippen LogP contribution in [0.2, 0.25) is 5.02 Å². The van der Waals surface area contributed by atoms with Gasteiger partial charge < -0.3 is 4.90 Å². The van der Waals surface area contributed by atoms with Crippen LogP contribution < -0.4 is 15.1 Å². The van der Waals surface area contributed by atoms with Gasteiger partial charge in [0, 0.05) is 22.8 Å². The molecule has 1 fully saturated rings. The number of fused-ring (bicyclic) bond motifs is 1. The van der Waals surface area contributed by atoms with E-state index in [1.807, 2.05) is 32.0 Å². The van der Waals surface area contributed by atoms with Gasteiger partial charge in [-0.2, -0.15) is 0 Å². The highest BCUT2D eigenvalue weighted by atomic mass is 35.5. The lowest BCUT2D eigenvalue weighted by atomic mass is 9.79. The first-order valence-electron chi connectivity index (χ1n) is 12.0. The van der Waals surface area contributed by atoms with Crippen molar-refractivity contribution < 1.29 is 14.4 Å². The standard InChI is InChI=1S/C28H32ClN3O3/c1-7-8-31-24-14-23(29)19(12-21(24)18(4)15-28(31,5)6)13-22-25(33)30-27(35)32(26(22)34)20-10-16(2)9-17(3)11-20/h9-14,18H,7-8,15H2,1-6H3,(H,30,33,35)/b22-13-. The molecule has 4 amide bonds. The Morgan fingerprint density at radius 2 is 1.74 bits per heavy atom. The molecule has 2 aromatic carbocycles. The maximum atomic E-state index is 13.4. The highest BCUT2D eigenvalue weighted by Gasteiger charge is 2.38. The largest absolute Gasteiger partial charge is 0.366 e. The molecule has 1 N–H and O–H groups in total. The number of barbiturate groups is 1. The molecule has 6 nitrogen and oxygen atoms in total. The molecule has 7 heteroatoms. The van der Waals surface area contributed by atoms with Crippen LogP contribution in [0.1, 0.15) is 68.7 Å². The minimum absolute atomic E-state index is 0.00222. The van der Waals surface area contributed by atoms with Gasteiger partial charge in [0.15, 0.2) is 0 Å². The van der Waals surface area contributed by atoms with Gasteiger partial charge in [0.05, 0.1) is 5.69 Å². The van der Waals surface area contributed by atoms with E-state index in [9.17, 15) is 14.4 Å². The molecule has 35 heavy (non-hydrogen) atoms. The number of carbonyl (C=O) groups excluding carboxylic acids is 3. The van der Waals surface area contributed by atoms with E-state index in [4.69, 9.17) is 11.6 Å². The quantitative estimate of drug-likeness (QED) is 0.411. The topological polar surface area (TPSA) is 69.7 Å². The van der Waals surface area contributed by atoms with Crippen LogP contribution in [-0.2, 0) is 9.59 Å². The SMILES string of the molecule is CCCN1c2cc(Cl)c(/C=C3/C(=O)NC(=O)N(c4cc(C)cc(C)c4)C3=O)cc2C(C)CC1(C)C. The first-order valence-corrected chi connectivity index (χ1v) is 12.4. The third-order valence-electron chi connectivity index (χ3n) is 6.82. The highest BCUT2D eigenvalue weighted by molar-refractivity contribution is 6.40. The smallest absolute Gasteiger partial charge is 0.335 e. The van der Waals surface area contributed by atoms with Gasteiger partial charge in [-0.15, -0.1) is 0 Å². The number of hydrogen-bond donors (Lipinski definition) is 1. The molecule has 0 saturated carbocycles. The predicted octanol–water partition coefficient (Wildman–Crippen LogP) is 6.13. The van der Waals surface area contributed by atoms with Gasteiger partial charge in [0.25, 0.3) is 11.8 Å². The Morgan fingerprint density at radius 1 is 1.09 bits per heavy atom. The normalized spacial score (nSPS) is 20.8. The zero-order chi connectivity index (χ0) is 25.7. The van der Waals surface area contributed by atoms with Crippen LogP contribution >= 0.6 is 11.6 Å². The maximum Gasteiger partial charge on any atom is 0.335 e. The second-order valence-corrected chi connectivity index (χ2v) is 10.7. The van der Waals surface area contributed by atoms with Gasteiger partial charge in [0.1, 0.15) is 5.57 Å². The van der Waals surface area contributed by atoms with Gasteiger partial charge in [0.2, 0.25) is 0 Å². The van der Waals surface area contributed by atoms with Crippen LogP contribution in [0.5, 0.6) is 0 Å². The van der Waals surface area contributed by atoms with E-state index in [1.165, 1.54) is 6.08 Å². The predicted molar refractivity (Wildman–Crippen MR) is 141 cm³/mol. The minimum Gasteiger partial charge on any atom is -0.366 e. The molecule has 0 bridgehead atoms. The maximum absolute atomic E-state index is 13.4. The van der Waals surface area contributed by atoms with Gasteiger partial charge in [-0.1, -0.05) is 31.5 Å². The summed E-state index contributed by atoms with van der Waals surface area (Å²) >= 11 is 6.71. The van der Waals surface area contributed by atoms with Crippen molar-refractivity contribution in [3.63, 3.8) is 0 Å². The van der Waals surface area contributed by atoms with Gasteiger partial charge in [-0.3, -0.25) is 14.9 Å². The fourth-order valence-electron chi connectivity index (χ4n) is 5.41. The summed E-state index contributed by atoms with van der Waals surface area (Å²) in [6, 6.07) is 8.60. The van der Waals surface area contributed by atoms with Gasteiger partial charge in [-0.05, 0) is 99.0 Å². The van der Waals surface area contributed by atoms with E-state index in [0.29, 0.717) is 16.3 Å². The van der Waals surface area contributed by atoms with Crippen LogP contribution in [0.3, 0.4) is 0 Å². The van der Waals surface area contributed by atoms with Crippen molar-refractivity contribution in [3.8, 4) is 0 Å². The van der Waals surface area contributed by atoms with Crippen molar-refractivity contribution in [2.24, 2.45) is 0 Å². The molecule has 2 aliphatic heterocycles. The summed E-state index contributed by atoms with van der Waals surface area (Å²) in [5, 5.41) is 2.76. The lowest BCUT2D eigenvalue weighted by molar-refractivity contribution is -0.122. The monoisotopic (exact) mass is 493 g/mol. The Kier molecular flexibility index (Phi) is 6.54. The summed E-state index contributed by atoms with van der Waals surface area (Å²) in [5.74, 6) is -1.11. The molecule has 2 aliphatic rings. The average molecular weight is 494 g/mol. The summed E-state index contributed by atoms with van der Waals surface area (Å²) in [6.07, 6.45) is 3.49. The number of rotatable bonds is 4. The first kappa shape index (κ1) is 25.0. The number of hydrogen-bond acceptors (Lipinski definition) is 4. The Labute approximate surface area is 211 Å². The van der Waals surface area contributed by atoms with E-state index in [2.05, 4.69) is 37.9 Å². The van der Waals surface area contributed by atoms with E-state index in [0.717, 1.165) is 46.7 Å². The Hall–Kier alpha value is -3.12. The zero-order valence-corrected chi connectivity index (χ0v) is 21.9. The summed E-state index contributed by atoms with van der Waals surface area (Å²) in [5.41, 5.74) is 4.93.